The Hall–Kier alpha value is -0.160. The summed E-state index contributed by atoms with van der Waals surface area (Å²) < 4.78 is 5.45. The number of hydrogen-bond donors (Lipinski definition) is 3. The molecule has 0 aromatic heterocycles. The van der Waals surface area contributed by atoms with Gasteiger partial charge in [-0.2, -0.15) is 0 Å². The van der Waals surface area contributed by atoms with Crippen molar-refractivity contribution in [1.82, 2.24) is 0 Å². The van der Waals surface area contributed by atoms with Crippen LogP contribution in [0.3, 0.4) is 0 Å². The Morgan fingerprint density at radius 3 is 1.31 bits per heavy atom. The molecule has 0 fully saturated rings. The number of aliphatic hydroxyl groups excluding tert-OH is 2. The van der Waals surface area contributed by atoms with Crippen molar-refractivity contribution < 1.29 is 14.9 Å². The Morgan fingerprint density at radius 1 is 0.615 bits per heavy atom. The molecule has 0 aliphatic heterocycles. The minimum Gasteiger partial charge on any atom is -0.394 e. The lowest BCUT2D eigenvalue weighted by Gasteiger charge is -2.24. The van der Waals surface area contributed by atoms with E-state index in [9.17, 15) is 0 Å². The topological polar surface area (TPSA) is 75.7 Å². The Bertz CT molecular complexity index is 270. The van der Waals surface area contributed by atoms with Gasteiger partial charge >= 0.3 is 0 Å². The van der Waals surface area contributed by atoms with E-state index < -0.39 is 5.54 Å². The van der Waals surface area contributed by atoms with E-state index in [4.69, 9.17) is 20.7 Å². The second-order valence-electron chi connectivity index (χ2n) is 8.03. The van der Waals surface area contributed by atoms with Crippen molar-refractivity contribution in [2.24, 2.45) is 5.73 Å². The SMILES string of the molecule is CCCCCCCCCCCCCCCCCCOCC(N)(CO)CO. The molecule has 4 N–H and O–H groups in total. The van der Waals surface area contributed by atoms with Crippen molar-refractivity contribution in [1.29, 1.82) is 0 Å². The number of aliphatic hydroxyl groups is 2. The Balaban J connectivity index is 3.11. The molecule has 0 saturated carbocycles. The van der Waals surface area contributed by atoms with Gasteiger partial charge in [0, 0.05) is 6.61 Å². The summed E-state index contributed by atoms with van der Waals surface area (Å²) in [6.07, 6.45) is 21.7. The van der Waals surface area contributed by atoms with E-state index in [1.54, 1.807) is 0 Å². The van der Waals surface area contributed by atoms with Gasteiger partial charge in [0.1, 0.15) is 0 Å². The Morgan fingerprint density at radius 2 is 0.962 bits per heavy atom. The molecule has 0 saturated heterocycles. The summed E-state index contributed by atoms with van der Waals surface area (Å²) in [5.41, 5.74) is 4.75. The van der Waals surface area contributed by atoms with Gasteiger partial charge in [-0.1, -0.05) is 103 Å². The van der Waals surface area contributed by atoms with E-state index in [-0.39, 0.29) is 19.8 Å². The predicted molar refractivity (Wildman–Crippen MR) is 111 cm³/mol. The zero-order valence-corrected chi connectivity index (χ0v) is 17.5. The second-order valence-corrected chi connectivity index (χ2v) is 8.03. The highest BCUT2D eigenvalue weighted by Crippen LogP contribution is 2.13. The van der Waals surface area contributed by atoms with Crippen LogP contribution < -0.4 is 5.73 Å². The van der Waals surface area contributed by atoms with Crippen LogP contribution in [-0.2, 0) is 4.74 Å². The van der Waals surface area contributed by atoms with Crippen molar-refractivity contribution in [3.05, 3.63) is 0 Å². The van der Waals surface area contributed by atoms with Crippen LogP contribution in [0, 0.1) is 0 Å². The molecule has 158 valence electrons. The van der Waals surface area contributed by atoms with Crippen LogP contribution in [0.2, 0.25) is 0 Å². The molecule has 4 heteroatoms. The maximum atomic E-state index is 9.06. The van der Waals surface area contributed by atoms with Crippen LogP contribution in [0.5, 0.6) is 0 Å². The third-order valence-corrected chi connectivity index (χ3v) is 5.16. The molecular formula is C22H47NO3. The molecule has 0 atom stereocenters. The first kappa shape index (κ1) is 25.8. The average molecular weight is 374 g/mol. The lowest BCUT2D eigenvalue weighted by molar-refractivity contribution is 0.0238. The fraction of sp³-hybridized carbons (Fsp3) is 1.00. The van der Waals surface area contributed by atoms with Crippen LogP contribution in [0.25, 0.3) is 0 Å². The van der Waals surface area contributed by atoms with Gasteiger partial charge < -0.3 is 20.7 Å². The molecule has 0 unspecified atom stereocenters. The molecule has 0 aliphatic rings. The third kappa shape index (κ3) is 17.3. The zero-order valence-electron chi connectivity index (χ0n) is 17.5. The zero-order chi connectivity index (χ0) is 19.3. The molecule has 0 amide bonds. The summed E-state index contributed by atoms with van der Waals surface area (Å²) in [5.74, 6) is 0. The number of unbranched alkanes of at least 4 members (excludes halogenated alkanes) is 15. The molecular weight excluding hydrogens is 326 g/mol. The van der Waals surface area contributed by atoms with Gasteiger partial charge in [0.15, 0.2) is 0 Å². The van der Waals surface area contributed by atoms with Crippen LogP contribution in [0.1, 0.15) is 110 Å². The number of nitrogens with two attached hydrogens (primary N) is 1. The van der Waals surface area contributed by atoms with Gasteiger partial charge in [-0.3, -0.25) is 0 Å². The highest BCUT2D eigenvalue weighted by atomic mass is 16.5. The van der Waals surface area contributed by atoms with Crippen LogP contribution in [0.4, 0.5) is 0 Å². The lowest BCUT2D eigenvalue weighted by Crippen LogP contribution is -2.51. The van der Waals surface area contributed by atoms with Crippen LogP contribution >= 0.6 is 0 Å². The van der Waals surface area contributed by atoms with E-state index in [1.165, 1.54) is 96.3 Å². The lowest BCUT2D eigenvalue weighted by atomic mass is 10.0. The van der Waals surface area contributed by atoms with E-state index in [2.05, 4.69) is 6.92 Å². The summed E-state index contributed by atoms with van der Waals surface area (Å²) >= 11 is 0. The van der Waals surface area contributed by atoms with Crippen LogP contribution in [0.15, 0.2) is 0 Å². The molecule has 26 heavy (non-hydrogen) atoms. The van der Waals surface area contributed by atoms with Gasteiger partial charge in [0.2, 0.25) is 0 Å². The molecule has 0 spiro atoms. The van der Waals surface area contributed by atoms with Crippen molar-refractivity contribution in [2.75, 3.05) is 26.4 Å². The monoisotopic (exact) mass is 373 g/mol. The highest BCUT2D eigenvalue weighted by Gasteiger charge is 2.22. The summed E-state index contributed by atoms with van der Waals surface area (Å²) in [6, 6.07) is 0. The summed E-state index contributed by atoms with van der Waals surface area (Å²) in [6.45, 7) is 2.67. The molecule has 0 radical (unpaired) electrons. The largest absolute Gasteiger partial charge is 0.394 e. The quantitative estimate of drug-likeness (QED) is 0.249. The maximum Gasteiger partial charge on any atom is 0.0859 e. The third-order valence-electron chi connectivity index (χ3n) is 5.16. The van der Waals surface area contributed by atoms with Crippen molar-refractivity contribution >= 4 is 0 Å². The Labute approximate surface area is 162 Å². The first-order valence-corrected chi connectivity index (χ1v) is 11.3. The summed E-state index contributed by atoms with van der Waals surface area (Å²) in [4.78, 5) is 0. The average Bonchev–Trinajstić information content (AvgIpc) is 2.66. The van der Waals surface area contributed by atoms with E-state index >= 15 is 0 Å². The standard InChI is InChI=1S/C22H47NO3/c1-2-3-4-5-6-7-8-9-10-11-12-13-14-15-16-17-18-26-21-22(23,19-24)20-25/h24-25H,2-21,23H2,1H3. The number of ether oxygens (including phenoxy) is 1. The molecule has 0 heterocycles. The van der Waals surface area contributed by atoms with Crippen molar-refractivity contribution in [3.63, 3.8) is 0 Å². The molecule has 4 nitrogen and oxygen atoms in total. The normalized spacial score (nSPS) is 12.0. The fourth-order valence-electron chi connectivity index (χ4n) is 3.17. The van der Waals surface area contributed by atoms with E-state index in [1.807, 2.05) is 0 Å². The van der Waals surface area contributed by atoms with Gasteiger partial charge in [0.25, 0.3) is 0 Å². The second kappa shape index (κ2) is 19.6. The summed E-state index contributed by atoms with van der Waals surface area (Å²) in [5, 5.41) is 18.1. The predicted octanol–water partition coefficient (Wildman–Crippen LogP) is 4.95. The first-order chi connectivity index (χ1) is 12.7. The van der Waals surface area contributed by atoms with E-state index in [0.717, 1.165) is 6.42 Å². The molecule has 0 rings (SSSR count). The summed E-state index contributed by atoms with van der Waals surface area (Å²) in [7, 11) is 0. The van der Waals surface area contributed by atoms with Crippen molar-refractivity contribution in [2.45, 2.75) is 115 Å². The highest BCUT2D eigenvalue weighted by molar-refractivity contribution is 4.81. The van der Waals surface area contributed by atoms with Gasteiger partial charge in [-0.25, -0.2) is 0 Å². The van der Waals surface area contributed by atoms with E-state index in [0.29, 0.717) is 6.61 Å². The first-order valence-electron chi connectivity index (χ1n) is 11.3. The molecule has 0 aromatic carbocycles. The van der Waals surface area contributed by atoms with Crippen LogP contribution in [-0.4, -0.2) is 42.2 Å². The van der Waals surface area contributed by atoms with Gasteiger partial charge in [0.05, 0.1) is 25.4 Å². The van der Waals surface area contributed by atoms with Gasteiger partial charge in [-0.05, 0) is 6.42 Å². The minimum atomic E-state index is -0.991. The molecule has 0 bridgehead atoms. The minimum absolute atomic E-state index is 0.221. The Kier molecular flexibility index (Phi) is 19.5. The number of rotatable bonds is 21. The smallest absolute Gasteiger partial charge is 0.0859 e. The molecule has 0 aliphatic carbocycles. The fourth-order valence-corrected chi connectivity index (χ4v) is 3.17. The molecule has 0 aromatic rings. The number of hydrogen-bond acceptors (Lipinski definition) is 4. The van der Waals surface area contributed by atoms with Gasteiger partial charge in [-0.15, -0.1) is 0 Å². The maximum absolute atomic E-state index is 9.06. The van der Waals surface area contributed by atoms with Crippen molar-refractivity contribution in [3.8, 4) is 0 Å².